The zero-order valence-corrected chi connectivity index (χ0v) is 13.8. The van der Waals surface area contributed by atoms with Crippen molar-refractivity contribution in [1.82, 2.24) is 15.5 Å². The van der Waals surface area contributed by atoms with Gasteiger partial charge in [-0.05, 0) is 23.3 Å². The largest absolute Gasteiger partial charge is 0.336 e. The summed E-state index contributed by atoms with van der Waals surface area (Å²) in [6.45, 7) is 0.979. The third-order valence-corrected chi connectivity index (χ3v) is 4.17. The van der Waals surface area contributed by atoms with E-state index in [1.165, 1.54) is 4.90 Å². The zero-order valence-electron chi connectivity index (χ0n) is 13.0. The Labute approximate surface area is 145 Å². The Bertz CT molecular complexity index is 736. The first-order valence-corrected chi connectivity index (χ1v) is 8.15. The maximum absolute atomic E-state index is 12.3. The molecule has 0 aliphatic carbocycles. The summed E-state index contributed by atoms with van der Waals surface area (Å²) in [6, 6.07) is 16.8. The zero-order chi connectivity index (χ0) is 16.9. The van der Waals surface area contributed by atoms with Gasteiger partial charge in [0.15, 0.2) is 0 Å². The molecule has 0 radical (unpaired) electrons. The Morgan fingerprint density at radius 3 is 2.58 bits per heavy atom. The van der Waals surface area contributed by atoms with Crippen molar-refractivity contribution < 1.29 is 9.59 Å². The first-order chi connectivity index (χ1) is 11.6. The molecule has 1 saturated heterocycles. The van der Waals surface area contributed by atoms with Crippen molar-refractivity contribution in [3.8, 4) is 0 Å². The maximum Gasteiger partial charge on any atom is 0.324 e. The minimum absolute atomic E-state index is 0.0689. The van der Waals surface area contributed by atoms with Gasteiger partial charge in [-0.1, -0.05) is 54.1 Å². The first kappa shape index (κ1) is 16.5. The molecule has 124 valence electrons. The topological polar surface area (TPSA) is 61.4 Å². The van der Waals surface area contributed by atoms with Crippen LogP contribution in [0.3, 0.4) is 0 Å². The number of rotatable bonds is 5. The summed E-state index contributed by atoms with van der Waals surface area (Å²) in [5, 5.41) is 6.52. The molecule has 6 heteroatoms. The second kappa shape index (κ2) is 7.47. The molecule has 1 aliphatic rings. The molecule has 0 bridgehead atoms. The van der Waals surface area contributed by atoms with Crippen LogP contribution in [0.2, 0.25) is 5.02 Å². The number of carbonyl (C=O) groups is 2. The Hall–Kier alpha value is -2.37. The Kier molecular flexibility index (Phi) is 5.13. The Balaban J connectivity index is 1.78. The van der Waals surface area contributed by atoms with Gasteiger partial charge in [0.05, 0.1) is 12.6 Å². The normalized spacial score (nSPS) is 15.2. The number of hydrogen-bond acceptors (Lipinski definition) is 3. The minimum Gasteiger partial charge on any atom is -0.336 e. The van der Waals surface area contributed by atoms with Gasteiger partial charge in [0.2, 0.25) is 5.91 Å². The molecular formula is C18H18ClN3O2. The van der Waals surface area contributed by atoms with Crippen molar-refractivity contribution >= 4 is 23.5 Å². The Morgan fingerprint density at radius 1 is 1.17 bits per heavy atom. The number of urea groups is 1. The Morgan fingerprint density at radius 2 is 1.92 bits per heavy atom. The fourth-order valence-corrected chi connectivity index (χ4v) is 2.95. The van der Waals surface area contributed by atoms with Gasteiger partial charge in [-0.15, -0.1) is 0 Å². The lowest BCUT2D eigenvalue weighted by molar-refractivity contribution is -0.126. The molecular weight excluding hydrogens is 326 g/mol. The van der Waals surface area contributed by atoms with Crippen LogP contribution in [0.4, 0.5) is 4.79 Å². The molecule has 2 aromatic rings. The minimum atomic E-state index is -0.333. The average molecular weight is 344 g/mol. The van der Waals surface area contributed by atoms with Gasteiger partial charge >= 0.3 is 6.03 Å². The van der Waals surface area contributed by atoms with Gasteiger partial charge in [0.1, 0.15) is 0 Å². The van der Waals surface area contributed by atoms with Gasteiger partial charge in [0, 0.05) is 18.1 Å². The highest BCUT2D eigenvalue weighted by Gasteiger charge is 2.26. The van der Waals surface area contributed by atoms with Crippen LogP contribution in [0.5, 0.6) is 0 Å². The van der Waals surface area contributed by atoms with Crippen molar-refractivity contribution in [1.29, 1.82) is 0 Å². The lowest BCUT2D eigenvalue weighted by atomic mass is 9.99. The number of amides is 3. The molecule has 1 heterocycles. The molecule has 1 fully saturated rings. The number of nitrogens with zero attached hydrogens (tertiary/aromatic N) is 1. The maximum atomic E-state index is 12.3. The van der Waals surface area contributed by atoms with Gasteiger partial charge in [-0.3, -0.25) is 15.0 Å². The molecule has 0 spiro atoms. The molecule has 2 N–H and O–H groups in total. The van der Waals surface area contributed by atoms with Crippen molar-refractivity contribution in [3.63, 3.8) is 0 Å². The number of halogens is 1. The fraction of sp³-hybridized carbons (Fsp3) is 0.222. The van der Waals surface area contributed by atoms with Crippen LogP contribution in [-0.4, -0.2) is 36.5 Å². The molecule has 0 saturated carbocycles. The predicted octanol–water partition coefficient (Wildman–Crippen LogP) is 2.57. The molecule has 0 aromatic heterocycles. The second-order valence-electron chi connectivity index (χ2n) is 5.56. The second-order valence-corrected chi connectivity index (χ2v) is 5.99. The van der Waals surface area contributed by atoms with E-state index >= 15 is 0 Å². The third kappa shape index (κ3) is 3.75. The van der Waals surface area contributed by atoms with Crippen molar-refractivity contribution in [2.45, 2.75) is 6.04 Å². The van der Waals surface area contributed by atoms with Crippen LogP contribution >= 0.6 is 11.6 Å². The van der Waals surface area contributed by atoms with E-state index in [0.29, 0.717) is 18.1 Å². The van der Waals surface area contributed by atoms with Crippen LogP contribution in [0, 0.1) is 0 Å². The molecule has 1 atom stereocenters. The van der Waals surface area contributed by atoms with E-state index < -0.39 is 0 Å². The summed E-state index contributed by atoms with van der Waals surface area (Å²) in [7, 11) is 0. The molecule has 5 nitrogen and oxygen atoms in total. The standard InChI is InChI=1S/C18H18ClN3O2/c19-15-8-4-7-14(11-15)17(13-5-2-1-3-6-13)21-12-16(23)22-10-9-20-18(22)24/h1-8,11,17,21H,9-10,12H2,(H,20,24)/t17-/m0/s1. The van der Waals surface area contributed by atoms with Gasteiger partial charge < -0.3 is 5.32 Å². The van der Waals surface area contributed by atoms with E-state index in [4.69, 9.17) is 11.6 Å². The predicted molar refractivity (Wildman–Crippen MR) is 92.9 cm³/mol. The summed E-state index contributed by atoms with van der Waals surface area (Å²) < 4.78 is 0. The lowest BCUT2D eigenvalue weighted by Gasteiger charge is -2.21. The highest BCUT2D eigenvalue weighted by atomic mass is 35.5. The van der Waals surface area contributed by atoms with E-state index in [1.807, 2.05) is 54.6 Å². The number of imide groups is 1. The highest BCUT2D eigenvalue weighted by Crippen LogP contribution is 2.24. The van der Waals surface area contributed by atoms with Crippen LogP contribution < -0.4 is 10.6 Å². The molecule has 3 amide bonds. The number of benzene rings is 2. The summed E-state index contributed by atoms with van der Waals surface area (Å²) in [4.78, 5) is 25.1. The van der Waals surface area contributed by atoms with Gasteiger partial charge in [-0.25, -0.2) is 4.79 Å². The number of hydrogen-bond donors (Lipinski definition) is 2. The van der Waals surface area contributed by atoms with E-state index in [1.54, 1.807) is 0 Å². The van der Waals surface area contributed by atoms with Gasteiger partial charge in [0.25, 0.3) is 0 Å². The van der Waals surface area contributed by atoms with E-state index in [2.05, 4.69) is 10.6 Å². The number of carbonyl (C=O) groups excluding carboxylic acids is 2. The summed E-state index contributed by atoms with van der Waals surface area (Å²) >= 11 is 6.11. The molecule has 1 aliphatic heterocycles. The highest BCUT2D eigenvalue weighted by molar-refractivity contribution is 6.30. The van der Waals surface area contributed by atoms with Crippen molar-refractivity contribution in [2.75, 3.05) is 19.6 Å². The molecule has 0 unspecified atom stereocenters. The van der Waals surface area contributed by atoms with Crippen LogP contribution in [-0.2, 0) is 4.79 Å². The number of nitrogens with one attached hydrogen (secondary N) is 2. The fourth-order valence-electron chi connectivity index (χ4n) is 2.75. The summed E-state index contributed by atoms with van der Waals surface area (Å²) in [5.41, 5.74) is 1.99. The van der Waals surface area contributed by atoms with Crippen LogP contribution in [0.1, 0.15) is 17.2 Å². The molecule has 24 heavy (non-hydrogen) atoms. The van der Waals surface area contributed by atoms with Gasteiger partial charge in [-0.2, -0.15) is 0 Å². The van der Waals surface area contributed by atoms with Crippen molar-refractivity contribution in [3.05, 3.63) is 70.7 Å². The van der Waals surface area contributed by atoms with Crippen LogP contribution in [0.15, 0.2) is 54.6 Å². The summed E-state index contributed by atoms with van der Waals surface area (Å²) in [5.74, 6) is -0.243. The molecule has 3 rings (SSSR count). The smallest absolute Gasteiger partial charge is 0.324 e. The van der Waals surface area contributed by atoms with Crippen LogP contribution in [0.25, 0.3) is 0 Å². The summed E-state index contributed by atoms with van der Waals surface area (Å²) in [6.07, 6.45) is 0. The monoisotopic (exact) mass is 343 g/mol. The van der Waals surface area contributed by atoms with Crippen molar-refractivity contribution in [2.24, 2.45) is 0 Å². The third-order valence-electron chi connectivity index (χ3n) is 3.93. The van der Waals surface area contributed by atoms with E-state index in [0.717, 1.165) is 11.1 Å². The molecule has 2 aromatic carbocycles. The lowest BCUT2D eigenvalue weighted by Crippen LogP contribution is -2.41. The quantitative estimate of drug-likeness (QED) is 0.877. The van der Waals surface area contributed by atoms with E-state index in [-0.39, 0.29) is 24.5 Å². The average Bonchev–Trinajstić information content (AvgIpc) is 3.02. The van der Waals surface area contributed by atoms with E-state index in [9.17, 15) is 9.59 Å². The first-order valence-electron chi connectivity index (χ1n) is 7.77. The SMILES string of the molecule is O=C(CN[C@@H](c1ccccc1)c1cccc(Cl)c1)N1CCNC1=O.